The summed E-state index contributed by atoms with van der Waals surface area (Å²) < 4.78 is 14.7. The molecule has 2 heterocycles. The van der Waals surface area contributed by atoms with Gasteiger partial charge in [0.1, 0.15) is 5.82 Å². The third-order valence-electron chi connectivity index (χ3n) is 5.62. The van der Waals surface area contributed by atoms with Crippen molar-refractivity contribution in [1.29, 1.82) is 0 Å². The van der Waals surface area contributed by atoms with Crippen LogP contribution in [0.3, 0.4) is 0 Å². The molecule has 0 unspecified atom stereocenters. The van der Waals surface area contributed by atoms with Crippen molar-refractivity contribution >= 4 is 11.8 Å². The Labute approximate surface area is 190 Å². The number of hydrogen-bond donors (Lipinski definition) is 1. The van der Waals surface area contributed by atoms with Crippen LogP contribution in [0.5, 0.6) is 0 Å². The predicted molar refractivity (Wildman–Crippen MR) is 122 cm³/mol. The fraction of sp³-hybridized carbons (Fsp3) is 0.200. The van der Waals surface area contributed by atoms with Crippen LogP contribution in [-0.4, -0.2) is 33.5 Å². The van der Waals surface area contributed by atoms with Crippen LogP contribution >= 0.6 is 0 Å². The molecule has 1 aromatic heterocycles. The van der Waals surface area contributed by atoms with E-state index in [9.17, 15) is 18.8 Å². The van der Waals surface area contributed by atoms with Crippen molar-refractivity contribution in [1.82, 2.24) is 20.0 Å². The first kappa shape index (κ1) is 22.1. The molecule has 0 fully saturated rings. The summed E-state index contributed by atoms with van der Waals surface area (Å²) >= 11 is 0. The molecule has 2 amide bonds. The zero-order chi connectivity index (χ0) is 23.7. The van der Waals surface area contributed by atoms with E-state index in [1.54, 1.807) is 44.4 Å². The lowest BCUT2D eigenvalue weighted by Gasteiger charge is -2.30. The van der Waals surface area contributed by atoms with Gasteiger partial charge in [-0.2, -0.15) is 9.78 Å². The molecule has 0 bridgehead atoms. The minimum atomic E-state index is -0.688. The standard InChI is InChI=1S/C25H23FN4O3/c1-15-10-23(32)30(27-13-15)20-9-4-16(2)18(11-20)12-22(31)21-14-29(3)25(33)28-24(21)17-5-7-19(26)8-6-17/h4-11,13-14,24H,12H2,1-3H3,(H,28,33)/t24-/m0/s1. The number of urea groups is 1. The van der Waals surface area contributed by atoms with Crippen LogP contribution in [0.15, 0.2) is 71.3 Å². The smallest absolute Gasteiger partial charge is 0.321 e. The van der Waals surface area contributed by atoms with Crippen LogP contribution in [0.2, 0.25) is 0 Å². The van der Waals surface area contributed by atoms with Crippen molar-refractivity contribution in [2.24, 2.45) is 0 Å². The minimum absolute atomic E-state index is 0.0630. The van der Waals surface area contributed by atoms with Crippen LogP contribution in [0.25, 0.3) is 5.69 Å². The quantitative estimate of drug-likeness (QED) is 0.651. The molecule has 4 rings (SSSR count). The van der Waals surface area contributed by atoms with Gasteiger partial charge >= 0.3 is 6.03 Å². The molecule has 8 heteroatoms. The van der Waals surface area contributed by atoms with Crippen molar-refractivity contribution in [3.05, 3.63) is 105 Å². The molecular weight excluding hydrogens is 423 g/mol. The van der Waals surface area contributed by atoms with Crippen LogP contribution in [-0.2, 0) is 11.2 Å². The number of amides is 2. The summed E-state index contributed by atoms with van der Waals surface area (Å²) in [5, 5.41) is 6.99. The molecule has 0 saturated heterocycles. The monoisotopic (exact) mass is 446 g/mol. The highest BCUT2D eigenvalue weighted by Crippen LogP contribution is 2.28. The van der Waals surface area contributed by atoms with Crippen molar-refractivity contribution in [3.8, 4) is 5.69 Å². The van der Waals surface area contributed by atoms with E-state index in [1.807, 2.05) is 13.0 Å². The zero-order valence-corrected chi connectivity index (χ0v) is 18.5. The maximum absolute atomic E-state index is 13.4. The number of halogens is 1. The maximum atomic E-state index is 13.4. The van der Waals surface area contributed by atoms with E-state index in [2.05, 4.69) is 10.4 Å². The second kappa shape index (κ2) is 8.82. The average Bonchev–Trinajstić information content (AvgIpc) is 2.77. The largest absolute Gasteiger partial charge is 0.327 e. The Hall–Kier alpha value is -4.07. The summed E-state index contributed by atoms with van der Waals surface area (Å²) in [5.41, 5.74) is 3.70. The van der Waals surface area contributed by atoms with Gasteiger partial charge in [0.15, 0.2) is 5.78 Å². The topological polar surface area (TPSA) is 84.3 Å². The molecule has 168 valence electrons. The van der Waals surface area contributed by atoms with Gasteiger partial charge in [-0.3, -0.25) is 9.59 Å². The summed E-state index contributed by atoms with van der Waals surface area (Å²) in [4.78, 5) is 39.3. The molecule has 0 saturated carbocycles. The number of rotatable bonds is 5. The number of ketones is 1. The highest BCUT2D eigenvalue weighted by Gasteiger charge is 2.30. The summed E-state index contributed by atoms with van der Waals surface area (Å²) in [6.07, 6.45) is 3.18. The Morgan fingerprint density at radius 3 is 2.52 bits per heavy atom. The Morgan fingerprint density at radius 1 is 1.09 bits per heavy atom. The molecule has 1 aliphatic heterocycles. The number of hydrogen-bond acceptors (Lipinski definition) is 4. The van der Waals surface area contributed by atoms with Gasteiger partial charge in [0.05, 0.1) is 17.9 Å². The predicted octanol–water partition coefficient (Wildman–Crippen LogP) is 3.38. The molecule has 0 aliphatic carbocycles. The summed E-state index contributed by atoms with van der Waals surface area (Å²) in [7, 11) is 1.56. The second-order valence-corrected chi connectivity index (χ2v) is 8.12. The van der Waals surface area contributed by atoms with Crippen molar-refractivity contribution in [2.45, 2.75) is 26.3 Å². The SMILES string of the molecule is Cc1cnn(-c2ccc(C)c(CC(=O)C3=CN(C)C(=O)N[C@H]3c3ccc(F)cc3)c2)c(=O)c1. The van der Waals surface area contributed by atoms with Crippen molar-refractivity contribution in [3.63, 3.8) is 0 Å². The van der Waals surface area contributed by atoms with Gasteiger partial charge < -0.3 is 10.2 Å². The lowest BCUT2D eigenvalue weighted by Crippen LogP contribution is -2.43. The molecule has 1 atom stereocenters. The fourth-order valence-corrected chi connectivity index (χ4v) is 3.74. The minimum Gasteiger partial charge on any atom is -0.327 e. The normalized spacial score (nSPS) is 15.8. The van der Waals surface area contributed by atoms with Crippen LogP contribution in [0, 0.1) is 19.7 Å². The van der Waals surface area contributed by atoms with E-state index < -0.39 is 11.9 Å². The Balaban J connectivity index is 1.67. The van der Waals surface area contributed by atoms with Gasteiger partial charge in [-0.25, -0.2) is 9.18 Å². The van der Waals surface area contributed by atoms with Crippen molar-refractivity contribution < 1.29 is 14.0 Å². The van der Waals surface area contributed by atoms with E-state index in [0.717, 1.165) is 16.7 Å². The lowest BCUT2D eigenvalue weighted by atomic mass is 9.91. The van der Waals surface area contributed by atoms with E-state index in [4.69, 9.17) is 0 Å². The molecule has 0 spiro atoms. The molecule has 1 N–H and O–H groups in total. The number of carbonyl (C=O) groups excluding carboxylic acids is 2. The van der Waals surface area contributed by atoms with Gasteiger partial charge in [0.2, 0.25) is 0 Å². The summed E-state index contributed by atoms with van der Waals surface area (Å²) in [6.45, 7) is 3.68. The van der Waals surface area contributed by atoms with Crippen LogP contribution in [0.1, 0.15) is 28.3 Å². The third kappa shape index (κ3) is 4.59. The number of Topliss-reactive ketones (excluding diaryl/α,β-unsaturated/α-hetero) is 1. The number of aryl methyl sites for hydroxylation is 2. The van der Waals surface area contributed by atoms with Gasteiger partial charge in [-0.05, 0) is 60.4 Å². The van der Waals surface area contributed by atoms with Gasteiger partial charge in [-0.1, -0.05) is 18.2 Å². The molecular formula is C25H23FN4O3. The third-order valence-corrected chi connectivity index (χ3v) is 5.62. The van der Waals surface area contributed by atoms with Gasteiger partial charge in [0, 0.05) is 31.3 Å². The molecule has 1 aliphatic rings. The Morgan fingerprint density at radius 2 is 1.82 bits per heavy atom. The average molecular weight is 446 g/mol. The first-order valence-corrected chi connectivity index (χ1v) is 10.4. The highest BCUT2D eigenvalue weighted by molar-refractivity contribution is 6.00. The van der Waals surface area contributed by atoms with Crippen molar-refractivity contribution in [2.75, 3.05) is 7.05 Å². The summed E-state index contributed by atoms with van der Waals surface area (Å²) in [5.74, 6) is -0.595. The number of nitrogens with one attached hydrogen (secondary N) is 1. The van der Waals surface area contributed by atoms with E-state index in [0.29, 0.717) is 16.8 Å². The van der Waals surface area contributed by atoms with E-state index >= 15 is 0 Å². The molecule has 2 aromatic carbocycles. The molecule has 7 nitrogen and oxygen atoms in total. The first-order chi connectivity index (χ1) is 15.7. The van der Waals surface area contributed by atoms with Crippen LogP contribution < -0.4 is 10.9 Å². The van der Waals surface area contributed by atoms with E-state index in [-0.39, 0.29) is 23.8 Å². The fourth-order valence-electron chi connectivity index (χ4n) is 3.74. The first-order valence-electron chi connectivity index (χ1n) is 10.4. The number of carbonyl (C=O) groups is 2. The number of benzene rings is 2. The van der Waals surface area contributed by atoms with Crippen LogP contribution in [0.4, 0.5) is 9.18 Å². The number of aromatic nitrogens is 2. The van der Waals surface area contributed by atoms with E-state index in [1.165, 1.54) is 34.0 Å². The van der Waals surface area contributed by atoms with Gasteiger partial charge in [-0.15, -0.1) is 0 Å². The summed E-state index contributed by atoms with van der Waals surface area (Å²) in [6, 6.07) is 11.5. The molecule has 33 heavy (non-hydrogen) atoms. The molecule has 0 radical (unpaired) electrons. The molecule has 3 aromatic rings. The van der Waals surface area contributed by atoms with Gasteiger partial charge in [0.25, 0.3) is 5.56 Å². The zero-order valence-electron chi connectivity index (χ0n) is 18.5. The Bertz CT molecular complexity index is 1330. The highest BCUT2D eigenvalue weighted by atomic mass is 19.1. The number of nitrogens with zero attached hydrogens (tertiary/aromatic N) is 3. The Kier molecular flexibility index (Phi) is 5.91. The second-order valence-electron chi connectivity index (χ2n) is 8.12. The maximum Gasteiger partial charge on any atom is 0.321 e. The lowest BCUT2D eigenvalue weighted by molar-refractivity contribution is -0.115.